The molecular formula is C12H16BrNO2. The largest absolute Gasteiger partial charge is 0.469 e. The summed E-state index contributed by atoms with van der Waals surface area (Å²) in [5, 5.41) is 0. The first-order valence-electron chi connectivity index (χ1n) is 5.07. The van der Waals surface area contributed by atoms with Gasteiger partial charge in [-0.2, -0.15) is 0 Å². The highest BCUT2D eigenvalue weighted by Gasteiger charge is 2.05. The second-order valence-corrected chi connectivity index (χ2v) is 4.61. The van der Waals surface area contributed by atoms with Crippen molar-refractivity contribution in [3.63, 3.8) is 0 Å². The predicted octanol–water partition coefficient (Wildman–Crippen LogP) is 2.62. The van der Waals surface area contributed by atoms with Gasteiger partial charge in [-0.1, -0.05) is 6.07 Å². The number of hydrogen-bond acceptors (Lipinski definition) is 3. The molecule has 0 spiro atoms. The van der Waals surface area contributed by atoms with Gasteiger partial charge < -0.3 is 9.64 Å². The van der Waals surface area contributed by atoms with E-state index in [1.54, 1.807) is 0 Å². The Morgan fingerprint density at radius 3 is 2.62 bits per heavy atom. The lowest BCUT2D eigenvalue weighted by Crippen LogP contribution is -2.09. The van der Waals surface area contributed by atoms with Crippen molar-refractivity contribution in [1.82, 2.24) is 0 Å². The summed E-state index contributed by atoms with van der Waals surface area (Å²) in [7, 11) is 5.40. The molecule has 0 saturated carbocycles. The van der Waals surface area contributed by atoms with E-state index in [0.29, 0.717) is 12.8 Å². The van der Waals surface area contributed by atoms with Crippen LogP contribution in [0.4, 0.5) is 5.69 Å². The zero-order chi connectivity index (χ0) is 12.1. The number of anilines is 1. The van der Waals surface area contributed by atoms with E-state index in [4.69, 9.17) is 0 Å². The molecule has 88 valence electrons. The number of benzene rings is 1. The number of esters is 1. The maximum Gasteiger partial charge on any atom is 0.305 e. The van der Waals surface area contributed by atoms with Crippen molar-refractivity contribution < 1.29 is 9.53 Å². The topological polar surface area (TPSA) is 29.5 Å². The number of nitrogens with zero attached hydrogens (tertiary/aromatic N) is 1. The Balaban J connectivity index is 2.70. The standard InChI is InChI=1S/C12H16BrNO2/c1-14(2)11-6-4-9(8-10(11)13)5-7-12(15)16-3/h4,6,8H,5,7H2,1-3H3. The van der Waals surface area contributed by atoms with Gasteiger partial charge in [0.05, 0.1) is 12.8 Å². The summed E-state index contributed by atoms with van der Waals surface area (Å²) in [6.07, 6.45) is 1.13. The number of carbonyl (C=O) groups excluding carboxylic acids is 1. The fourth-order valence-corrected chi connectivity index (χ4v) is 2.20. The van der Waals surface area contributed by atoms with Crippen LogP contribution in [0, 0.1) is 0 Å². The van der Waals surface area contributed by atoms with E-state index in [1.807, 2.05) is 37.2 Å². The molecule has 16 heavy (non-hydrogen) atoms. The van der Waals surface area contributed by atoms with Gasteiger partial charge in [0.2, 0.25) is 0 Å². The minimum Gasteiger partial charge on any atom is -0.469 e. The molecule has 0 fully saturated rings. The van der Waals surface area contributed by atoms with Crippen LogP contribution in [0.3, 0.4) is 0 Å². The lowest BCUT2D eigenvalue weighted by Gasteiger charge is -2.15. The zero-order valence-corrected chi connectivity index (χ0v) is 11.4. The summed E-state index contributed by atoms with van der Waals surface area (Å²) in [4.78, 5) is 13.0. The third-order valence-corrected chi connectivity index (χ3v) is 2.97. The van der Waals surface area contributed by atoms with Gasteiger partial charge in [0, 0.05) is 25.0 Å². The van der Waals surface area contributed by atoms with E-state index >= 15 is 0 Å². The highest BCUT2D eigenvalue weighted by atomic mass is 79.9. The smallest absolute Gasteiger partial charge is 0.305 e. The van der Waals surface area contributed by atoms with Crippen molar-refractivity contribution in [1.29, 1.82) is 0 Å². The molecule has 0 unspecified atom stereocenters. The summed E-state index contributed by atoms with van der Waals surface area (Å²) in [5.74, 6) is -0.173. The van der Waals surface area contributed by atoms with E-state index in [2.05, 4.69) is 20.7 Å². The third-order valence-electron chi connectivity index (χ3n) is 2.34. The van der Waals surface area contributed by atoms with Crippen molar-refractivity contribution in [2.75, 3.05) is 26.1 Å². The Kier molecular flexibility index (Phi) is 4.80. The van der Waals surface area contributed by atoms with Crippen molar-refractivity contribution >= 4 is 27.6 Å². The molecule has 0 radical (unpaired) electrons. The molecule has 1 aromatic rings. The van der Waals surface area contributed by atoms with Gasteiger partial charge in [0.15, 0.2) is 0 Å². The first-order valence-corrected chi connectivity index (χ1v) is 5.86. The molecule has 0 bridgehead atoms. The fourth-order valence-electron chi connectivity index (χ4n) is 1.42. The molecule has 0 amide bonds. The number of hydrogen-bond donors (Lipinski definition) is 0. The molecule has 0 aliphatic carbocycles. The average molecular weight is 286 g/mol. The molecule has 0 aliphatic rings. The van der Waals surface area contributed by atoms with Crippen LogP contribution in [-0.4, -0.2) is 27.2 Å². The minimum absolute atomic E-state index is 0.173. The van der Waals surface area contributed by atoms with Crippen LogP contribution in [0.1, 0.15) is 12.0 Å². The quantitative estimate of drug-likeness (QED) is 0.797. The van der Waals surface area contributed by atoms with Gasteiger partial charge in [-0.15, -0.1) is 0 Å². The van der Waals surface area contributed by atoms with Gasteiger partial charge in [-0.05, 0) is 40.0 Å². The van der Waals surface area contributed by atoms with Crippen LogP contribution < -0.4 is 4.90 Å². The van der Waals surface area contributed by atoms with Gasteiger partial charge in [0.1, 0.15) is 0 Å². The van der Waals surface area contributed by atoms with Crippen LogP contribution in [0.2, 0.25) is 0 Å². The Bertz CT molecular complexity index is 377. The van der Waals surface area contributed by atoms with E-state index in [1.165, 1.54) is 7.11 Å². The van der Waals surface area contributed by atoms with E-state index in [-0.39, 0.29) is 5.97 Å². The van der Waals surface area contributed by atoms with Crippen molar-refractivity contribution in [2.45, 2.75) is 12.8 Å². The van der Waals surface area contributed by atoms with Gasteiger partial charge in [0.25, 0.3) is 0 Å². The zero-order valence-electron chi connectivity index (χ0n) is 9.79. The van der Waals surface area contributed by atoms with Crippen LogP contribution >= 0.6 is 15.9 Å². The molecule has 4 heteroatoms. The molecule has 1 rings (SSSR count). The first kappa shape index (κ1) is 13.0. The van der Waals surface area contributed by atoms with Gasteiger partial charge in [-0.3, -0.25) is 4.79 Å². The number of aryl methyl sites for hydroxylation is 1. The average Bonchev–Trinajstić information content (AvgIpc) is 2.25. The number of ether oxygens (including phenoxy) is 1. The second-order valence-electron chi connectivity index (χ2n) is 3.76. The molecular weight excluding hydrogens is 270 g/mol. The predicted molar refractivity (Wildman–Crippen MR) is 68.8 cm³/mol. The Labute approximate surface area is 105 Å². The lowest BCUT2D eigenvalue weighted by atomic mass is 10.1. The van der Waals surface area contributed by atoms with E-state index in [0.717, 1.165) is 15.7 Å². The van der Waals surface area contributed by atoms with Crippen molar-refractivity contribution in [3.05, 3.63) is 28.2 Å². The number of rotatable bonds is 4. The van der Waals surface area contributed by atoms with Crippen LogP contribution in [-0.2, 0) is 16.0 Å². The SMILES string of the molecule is COC(=O)CCc1ccc(N(C)C)c(Br)c1. The van der Waals surface area contributed by atoms with Crippen molar-refractivity contribution in [3.8, 4) is 0 Å². The normalized spacial score (nSPS) is 10.0. The maximum absolute atomic E-state index is 11.0. The number of carbonyl (C=O) groups is 1. The third kappa shape index (κ3) is 3.52. The summed E-state index contributed by atoms with van der Waals surface area (Å²) in [6, 6.07) is 6.11. The molecule has 0 heterocycles. The highest BCUT2D eigenvalue weighted by molar-refractivity contribution is 9.10. The molecule has 0 N–H and O–H groups in total. The number of halogens is 1. The summed E-state index contributed by atoms with van der Waals surface area (Å²) in [5.41, 5.74) is 2.25. The second kappa shape index (κ2) is 5.89. The van der Waals surface area contributed by atoms with Gasteiger partial charge >= 0.3 is 5.97 Å². The maximum atomic E-state index is 11.0. The summed E-state index contributed by atoms with van der Waals surface area (Å²) < 4.78 is 5.65. The molecule has 0 saturated heterocycles. The van der Waals surface area contributed by atoms with Crippen LogP contribution in [0.5, 0.6) is 0 Å². The van der Waals surface area contributed by atoms with Crippen molar-refractivity contribution in [2.24, 2.45) is 0 Å². The monoisotopic (exact) mass is 285 g/mol. The van der Waals surface area contributed by atoms with Crippen LogP contribution in [0.25, 0.3) is 0 Å². The molecule has 0 aromatic heterocycles. The van der Waals surface area contributed by atoms with Crippen LogP contribution in [0.15, 0.2) is 22.7 Å². The van der Waals surface area contributed by atoms with Gasteiger partial charge in [-0.25, -0.2) is 0 Å². The minimum atomic E-state index is -0.173. The fraction of sp³-hybridized carbons (Fsp3) is 0.417. The van der Waals surface area contributed by atoms with E-state index in [9.17, 15) is 4.79 Å². The Morgan fingerprint density at radius 1 is 1.44 bits per heavy atom. The Morgan fingerprint density at radius 2 is 2.12 bits per heavy atom. The molecule has 3 nitrogen and oxygen atoms in total. The number of methoxy groups -OCH3 is 1. The lowest BCUT2D eigenvalue weighted by molar-refractivity contribution is -0.140. The Hall–Kier alpha value is -1.03. The molecule has 0 atom stereocenters. The molecule has 0 aliphatic heterocycles. The first-order chi connectivity index (χ1) is 7.54. The summed E-state index contributed by atoms with van der Waals surface area (Å²) >= 11 is 3.51. The summed E-state index contributed by atoms with van der Waals surface area (Å²) in [6.45, 7) is 0. The van der Waals surface area contributed by atoms with E-state index < -0.39 is 0 Å². The highest BCUT2D eigenvalue weighted by Crippen LogP contribution is 2.26. The molecule has 1 aromatic carbocycles.